The quantitative estimate of drug-likeness (QED) is 0.744. The van der Waals surface area contributed by atoms with Crippen LogP contribution >= 0.6 is 0 Å². The molecule has 0 radical (unpaired) electrons. The van der Waals surface area contributed by atoms with Crippen LogP contribution in [0, 0.1) is 0 Å². The smallest absolute Gasteiger partial charge is 0.119 e. The van der Waals surface area contributed by atoms with Crippen LogP contribution in [0.5, 0.6) is 11.5 Å². The summed E-state index contributed by atoms with van der Waals surface area (Å²) in [4.78, 5) is 0. The van der Waals surface area contributed by atoms with Crippen molar-refractivity contribution in [3.8, 4) is 11.5 Å². The summed E-state index contributed by atoms with van der Waals surface area (Å²) >= 11 is 0. The van der Waals surface area contributed by atoms with E-state index in [0.29, 0.717) is 12.2 Å². The van der Waals surface area contributed by atoms with Crippen LogP contribution in [0.2, 0.25) is 0 Å². The molecular weight excluding hydrogens is 272 g/mol. The summed E-state index contributed by atoms with van der Waals surface area (Å²) in [5, 5.41) is 20.3. The molecule has 0 amide bonds. The molecule has 22 heavy (non-hydrogen) atoms. The molecule has 3 aromatic rings. The van der Waals surface area contributed by atoms with Crippen LogP contribution in [-0.4, -0.2) is 10.2 Å². The van der Waals surface area contributed by atoms with Gasteiger partial charge in [-0.1, -0.05) is 66.7 Å². The first kappa shape index (κ1) is 14.2. The molecule has 0 aliphatic rings. The number of benzene rings is 3. The molecule has 0 spiro atoms. The second-order valence-electron chi connectivity index (χ2n) is 5.35. The van der Waals surface area contributed by atoms with Gasteiger partial charge in [0.05, 0.1) is 0 Å². The van der Waals surface area contributed by atoms with E-state index in [1.54, 1.807) is 12.1 Å². The van der Waals surface area contributed by atoms with Crippen LogP contribution in [0.3, 0.4) is 0 Å². The van der Waals surface area contributed by atoms with Gasteiger partial charge in [0, 0.05) is 11.5 Å². The molecule has 0 aliphatic carbocycles. The molecule has 0 aromatic heterocycles. The van der Waals surface area contributed by atoms with E-state index in [-0.39, 0.29) is 11.7 Å². The van der Waals surface area contributed by atoms with Crippen molar-refractivity contribution in [1.29, 1.82) is 0 Å². The maximum Gasteiger partial charge on any atom is 0.119 e. The topological polar surface area (TPSA) is 40.5 Å². The van der Waals surface area contributed by atoms with E-state index < -0.39 is 0 Å². The fraction of sp³-hybridized carbons (Fsp3) is 0.100. The molecular formula is C20H18O2. The van der Waals surface area contributed by atoms with Crippen LogP contribution in [0.1, 0.15) is 22.6 Å². The van der Waals surface area contributed by atoms with Crippen molar-refractivity contribution >= 4 is 0 Å². The minimum atomic E-state index is -0.00398. The number of hydrogen-bond donors (Lipinski definition) is 2. The van der Waals surface area contributed by atoms with Gasteiger partial charge < -0.3 is 10.2 Å². The van der Waals surface area contributed by atoms with Gasteiger partial charge in [0.25, 0.3) is 0 Å². The van der Waals surface area contributed by atoms with E-state index in [4.69, 9.17) is 0 Å². The maximum absolute atomic E-state index is 10.2. The molecule has 0 aliphatic heterocycles. The summed E-state index contributed by atoms with van der Waals surface area (Å²) < 4.78 is 0. The third-order valence-electron chi connectivity index (χ3n) is 3.93. The SMILES string of the molecule is Oc1ccccc1CC(c1ccccc1)c1ccccc1O. The minimum Gasteiger partial charge on any atom is -0.508 e. The molecule has 2 nitrogen and oxygen atoms in total. The third kappa shape index (κ3) is 2.96. The van der Waals surface area contributed by atoms with Gasteiger partial charge in [-0.3, -0.25) is 0 Å². The highest BCUT2D eigenvalue weighted by Crippen LogP contribution is 2.35. The average Bonchev–Trinajstić information content (AvgIpc) is 2.56. The first-order valence-corrected chi connectivity index (χ1v) is 7.35. The van der Waals surface area contributed by atoms with Crippen LogP contribution in [-0.2, 0) is 6.42 Å². The van der Waals surface area contributed by atoms with Crippen molar-refractivity contribution in [3.63, 3.8) is 0 Å². The van der Waals surface area contributed by atoms with Gasteiger partial charge in [0.2, 0.25) is 0 Å². The Morgan fingerprint density at radius 3 is 1.91 bits per heavy atom. The molecule has 0 heterocycles. The average molecular weight is 290 g/mol. The highest BCUT2D eigenvalue weighted by molar-refractivity contribution is 5.44. The molecule has 3 aromatic carbocycles. The Balaban J connectivity index is 2.05. The molecule has 1 unspecified atom stereocenters. The predicted octanol–water partition coefficient (Wildman–Crippen LogP) is 4.47. The Morgan fingerprint density at radius 1 is 0.636 bits per heavy atom. The molecule has 3 rings (SSSR count). The maximum atomic E-state index is 10.2. The normalized spacial score (nSPS) is 12.0. The van der Waals surface area contributed by atoms with Crippen LogP contribution in [0.4, 0.5) is 0 Å². The lowest BCUT2D eigenvalue weighted by Gasteiger charge is -2.20. The molecule has 0 saturated carbocycles. The van der Waals surface area contributed by atoms with Gasteiger partial charge in [-0.25, -0.2) is 0 Å². The van der Waals surface area contributed by atoms with E-state index in [1.807, 2.05) is 54.6 Å². The lowest BCUT2D eigenvalue weighted by Crippen LogP contribution is -2.05. The Hall–Kier alpha value is -2.74. The highest BCUT2D eigenvalue weighted by atomic mass is 16.3. The Labute approximate surface area is 130 Å². The second kappa shape index (κ2) is 6.35. The Morgan fingerprint density at radius 2 is 1.23 bits per heavy atom. The summed E-state index contributed by atoms with van der Waals surface area (Å²) in [5.41, 5.74) is 2.86. The summed E-state index contributed by atoms with van der Waals surface area (Å²) in [7, 11) is 0. The largest absolute Gasteiger partial charge is 0.508 e. The van der Waals surface area contributed by atoms with E-state index in [1.165, 1.54) is 0 Å². The molecule has 2 N–H and O–H groups in total. The van der Waals surface area contributed by atoms with Gasteiger partial charge in [0.15, 0.2) is 0 Å². The first-order valence-electron chi connectivity index (χ1n) is 7.35. The van der Waals surface area contributed by atoms with Crippen molar-refractivity contribution in [2.75, 3.05) is 0 Å². The summed E-state index contributed by atoms with van der Waals surface area (Å²) in [6.45, 7) is 0. The number of phenols is 2. The van der Waals surface area contributed by atoms with Crippen LogP contribution in [0.15, 0.2) is 78.9 Å². The molecule has 110 valence electrons. The zero-order valence-electron chi connectivity index (χ0n) is 12.2. The predicted molar refractivity (Wildman–Crippen MR) is 88.2 cm³/mol. The van der Waals surface area contributed by atoms with Gasteiger partial charge in [0.1, 0.15) is 11.5 Å². The van der Waals surface area contributed by atoms with Crippen LogP contribution < -0.4 is 0 Å². The van der Waals surface area contributed by atoms with Crippen molar-refractivity contribution in [2.45, 2.75) is 12.3 Å². The van der Waals surface area contributed by atoms with Gasteiger partial charge in [-0.15, -0.1) is 0 Å². The summed E-state index contributed by atoms with van der Waals surface area (Å²) in [6, 6.07) is 24.8. The summed E-state index contributed by atoms with van der Waals surface area (Å²) in [5.74, 6) is 0.571. The number of hydrogen-bond acceptors (Lipinski definition) is 2. The molecule has 0 saturated heterocycles. The lowest BCUT2D eigenvalue weighted by molar-refractivity contribution is 0.458. The molecule has 0 fully saturated rings. The Bertz CT molecular complexity index is 750. The van der Waals surface area contributed by atoms with Crippen LogP contribution in [0.25, 0.3) is 0 Å². The van der Waals surface area contributed by atoms with Crippen molar-refractivity contribution in [3.05, 3.63) is 95.6 Å². The van der Waals surface area contributed by atoms with Gasteiger partial charge in [-0.2, -0.15) is 0 Å². The number of para-hydroxylation sites is 2. The zero-order chi connectivity index (χ0) is 15.4. The van der Waals surface area contributed by atoms with Gasteiger partial charge in [-0.05, 0) is 29.7 Å². The van der Waals surface area contributed by atoms with Gasteiger partial charge >= 0.3 is 0 Å². The minimum absolute atomic E-state index is 0.00398. The van der Waals surface area contributed by atoms with E-state index >= 15 is 0 Å². The van der Waals surface area contributed by atoms with E-state index in [2.05, 4.69) is 12.1 Å². The first-order chi connectivity index (χ1) is 10.8. The molecule has 0 bridgehead atoms. The number of rotatable bonds is 4. The summed E-state index contributed by atoms with van der Waals surface area (Å²) in [6.07, 6.45) is 0.633. The monoisotopic (exact) mass is 290 g/mol. The fourth-order valence-electron chi connectivity index (χ4n) is 2.78. The second-order valence-corrected chi connectivity index (χ2v) is 5.35. The van der Waals surface area contributed by atoms with Crippen molar-refractivity contribution < 1.29 is 10.2 Å². The van der Waals surface area contributed by atoms with E-state index in [0.717, 1.165) is 16.7 Å². The fourth-order valence-corrected chi connectivity index (χ4v) is 2.78. The molecule has 1 atom stereocenters. The molecule has 2 heteroatoms. The highest BCUT2D eigenvalue weighted by Gasteiger charge is 2.19. The zero-order valence-corrected chi connectivity index (χ0v) is 12.2. The number of aromatic hydroxyl groups is 2. The van der Waals surface area contributed by atoms with Crippen molar-refractivity contribution in [2.24, 2.45) is 0 Å². The third-order valence-corrected chi connectivity index (χ3v) is 3.93. The number of phenolic OH excluding ortho intramolecular Hbond substituents is 2. The standard InChI is InChI=1S/C20H18O2/c21-19-12-6-4-10-16(19)14-18(15-8-2-1-3-9-15)17-11-5-7-13-20(17)22/h1-13,18,21-22H,14H2. The van der Waals surface area contributed by atoms with E-state index in [9.17, 15) is 10.2 Å². The van der Waals surface area contributed by atoms with Crippen molar-refractivity contribution in [1.82, 2.24) is 0 Å². The Kier molecular flexibility index (Phi) is 4.10. The lowest BCUT2D eigenvalue weighted by atomic mass is 9.85.